The molecule has 3 rings (SSSR count). The molecule has 0 saturated heterocycles. The Kier molecular flexibility index (Phi) is 5.56. The Labute approximate surface area is 154 Å². The number of fused-ring (bicyclic) bond motifs is 1. The van der Waals surface area contributed by atoms with Gasteiger partial charge in [0.15, 0.2) is 0 Å². The lowest BCUT2D eigenvalue weighted by Gasteiger charge is -2.12. The predicted octanol–water partition coefficient (Wildman–Crippen LogP) is 3.67. The van der Waals surface area contributed by atoms with Crippen LogP contribution in [0.2, 0.25) is 0 Å². The second-order valence-electron chi connectivity index (χ2n) is 6.73. The summed E-state index contributed by atoms with van der Waals surface area (Å²) >= 11 is 0. The number of aromatic nitrogens is 2. The zero-order valence-corrected chi connectivity index (χ0v) is 15.5. The third-order valence-corrected chi connectivity index (χ3v) is 4.27. The average Bonchev–Trinajstić information content (AvgIpc) is 2.98. The Hall–Kier alpha value is -2.82. The van der Waals surface area contributed by atoms with Crippen LogP contribution in [-0.4, -0.2) is 29.1 Å². The summed E-state index contributed by atoms with van der Waals surface area (Å²) in [5.41, 5.74) is 2.69. The van der Waals surface area contributed by atoms with E-state index in [0.717, 1.165) is 23.4 Å². The van der Waals surface area contributed by atoms with Crippen molar-refractivity contribution in [3.63, 3.8) is 0 Å². The molecule has 0 fully saturated rings. The molecule has 0 aliphatic carbocycles. The minimum atomic E-state index is -0.131. The van der Waals surface area contributed by atoms with Gasteiger partial charge in [-0.15, -0.1) is 0 Å². The highest BCUT2D eigenvalue weighted by molar-refractivity contribution is 5.96. The van der Waals surface area contributed by atoms with Gasteiger partial charge in [-0.3, -0.25) is 4.79 Å². The van der Waals surface area contributed by atoms with E-state index >= 15 is 0 Å². The molecule has 1 N–H and O–H groups in total. The lowest BCUT2D eigenvalue weighted by Crippen LogP contribution is -2.27. The third kappa shape index (κ3) is 3.87. The molecule has 5 heteroatoms. The zero-order chi connectivity index (χ0) is 18.5. The quantitative estimate of drug-likeness (QED) is 0.706. The van der Waals surface area contributed by atoms with E-state index in [4.69, 9.17) is 9.72 Å². The number of carbonyl (C=O) groups excluding carboxylic acids is 1. The van der Waals surface area contributed by atoms with Crippen molar-refractivity contribution >= 4 is 16.9 Å². The van der Waals surface area contributed by atoms with Crippen molar-refractivity contribution in [2.75, 3.05) is 13.7 Å². The number of benzene rings is 2. The fourth-order valence-electron chi connectivity index (χ4n) is 3.10. The Bertz CT molecular complexity index is 899. The van der Waals surface area contributed by atoms with Gasteiger partial charge in [0.2, 0.25) is 0 Å². The molecule has 0 unspecified atom stereocenters. The average molecular weight is 351 g/mol. The largest absolute Gasteiger partial charge is 0.496 e. The van der Waals surface area contributed by atoms with Crippen LogP contribution in [0.5, 0.6) is 5.75 Å². The van der Waals surface area contributed by atoms with Crippen LogP contribution in [0, 0.1) is 5.92 Å². The molecule has 0 radical (unpaired) electrons. The Balaban J connectivity index is 1.72. The van der Waals surface area contributed by atoms with E-state index in [-0.39, 0.29) is 5.91 Å². The van der Waals surface area contributed by atoms with E-state index in [9.17, 15) is 4.79 Å². The monoisotopic (exact) mass is 351 g/mol. The highest BCUT2D eigenvalue weighted by Gasteiger charge is 2.14. The van der Waals surface area contributed by atoms with Crippen LogP contribution in [-0.2, 0) is 13.0 Å². The second-order valence-corrected chi connectivity index (χ2v) is 6.73. The van der Waals surface area contributed by atoms with Crippen molar-refractivity contribution in [2.45, 2.75) is 26.8 Å². The van der Waals surface area contributed by atoms with Crippen molar-refractivity contribution in [1.82, 2.24) is 14.9 Å². The Morgan fingerprint density at radius 1 is 1.15 bits per heavy atom. The molecule has 1 amide bonds. The maximum absolute atomic E-state index is 12.4. The van der Waals surface area contributed by atoms with Crippen molar-refractivity contribution in [3.05, 3.63) is 59.9 Å². The third-order valence-electron chi connectivity index (χ3n) is 4.27. The van der Waals surface area contributed by atoms with Crippen LogP contribution in [0.3, 0.4) is 0 Å². The number of carbonyl (C=O) groups is 1. The van der Waals surface area contributed by atoms with E-state index in [2.05, 4.69) is 29.8 Å². The number of nitrogens with zero attached hydrogens (tertiary/aromatic N) is 2. The molecule has 2 aromatic carbocycles. The van der Waals surface area contributed by atoms with Gasteiger partial charge in [-0.05, 0) is 30.2 Å². The van der Waals surface area contributed by atoms with E-state index in [0.29, 0.717) is 30.2 Å². The molecule has 0 saturated carbocycles. The molecular formula is C21H25N3O2. The molecule has 1 aromatic heterocycles. The van der Waals surface area contributed by atoms with Gasteiger partial charge in [-0.25, -0.2) is 4.98 Å². The van der Waals surface area contributed by atoms with Gasteiger partial charge >= 0.3 is 0 Å². The number of rotatable bonds is 7. The van der Waals surface area contributed by atoms with Crippen molar-refractivity contribution in [1.29, 1.82) is 0 Å². The fraction of sp³-hybridized carbons (Fsp3) is 0.333. The van der Waals surface area contributed by atoms with Crippen LogP contribution >= 0.6 is 0 Å². The Morgan fingerprint density at radius 3 is 2.65 bits per heavy atom. The SMILES string of the molecule is COc1ccccc1C(=O)NCCc1nc2ccccc2n1CC(C)C. The van der Waals surface area contributed by atoms with E-state index < -0.39 is 0 Å². The lowest BCUT2D eigenvalue weighted by molar-refractivity contribution is 0.0951. The number of methoxy groups -OCH3 is 1. The molecule has 3 aromatic rings. The number of hydrogen-bond acceptors (Lipinski definition) is 3. The second kappa shape index (κ2) is 8.04. The van der Waals surface area contributed by atoms with Gasteiger partial charge in [0.05, 0.1) is 23.7 Å². The van der Waals surface area contributed by atoms with Crippen molar-refractivity contribution in [2.24, 2.45) is 5.92 Å². The zero-order valence-electron chi connectivity index (χ0n) is 15.5. The maximum Gasteiger partial charge on any atom is 0.255 e. The molecule has 5 nitrogen and oxygen atoms in total. The summed E-state index contributed by atoms with van der Waals surface area (Å²) in [5, 5.41) is 2.97. The van der Waals surface area contributed by atoms with Crippen LogP contribution in [0.1, 0.15) is 30.0 Å². The summed E-state index contributed by atoms with van der Waals surface area (Å²) < 4.78 is 7.52. The number of hydrogen-bond donors (Lipinski definition) is 1. The first-order valence-corrected chi connectivity index (χ1v) is 8.95. The lowest BCUT2D eigenvalue weighted by atomic mass is 10.2. The topological polar surface area (TPSA) is 56.1 Å². The first-order chi connectivity index (χ1) is 12.6. The van der Waals surface area contributed by atoms with Gasteiger partial charge in [0.1, 0.15) is 11.6 Å². The molecule has 26 heavy (non-hydrogen) atoms. The molecule has 0 aliphatic heterocycles. The molecular weight excluding hydrogens is 326 g/mol. The number of amides is 1. The molecule has 0 spiro atoms. The van der Waals surface area contributed by atoms with Crippen molar-refractivity contribution in [3.8, 4) is 5.75 Å². The summed E-state index contributed by atoms with van der Waals surface area (Å²) in [6.07, 6.45) is 0.683. The Morgan fingerprint density at radius 2 is 1.88 bits per heavy atom. The molecule has 136 valence electrons. The van der Waals surface area contributed by atoms with E-state index in [1.807, 2.05) is 30.3 Å². The number of nitrogens with one attached hydrogen (secondary N) is 1. The summed E-state index contributed by atoms with van der Waals surface area (Å²) in [4.78, 5) is 17.2. The first kappa shape index (κ1) is 18.0. The van der Waals surface area contributed by atoms with Crippen molar-refractivity contribution < 1.29 is 9.53 Å². The summed E-state index contributed by atoms with van der Waals surface area (Å²) in [5.74, 6) is 1.97. The normalized spacial score (nSPS) is 11.1. The number of para-hydroxylation sites is 3. The fourth-order valence-corrected chi connectivity index (χ4v) is 3.10. The minimum absolute atomic E-state index is 0.131. The van der Waals surface area contributed by atoms with Crippen LogP contribution in [0.25, 0.3) is 11.0 Å². The smallest absolute Gasteiger partial charge is 0.255 e. The van der Waals surface area contributed by atoms with Crippen LogP contribution < -0.4 is 10.1 Å². The maximum atomic E-state index is 12.4. The predicted molar refractivity (Wildman–Crippen MR) is 104 cm³/mol. The minimum Gasteiger partial charge on any atom is -0.496 e. The standard InChI is InChI=1S/C21H25N3O2/c1-15(2)14-24-18-10-6-5-9-17(18)23-20(24)12-13-22-21(25)16-8-4-7-11-19(16)26-3/h4-11,15H,12-14H2,1-3H3,(H,22,25). The van der Waals surface area contributed by atoms with Crippen LogP contribution in [0.4, 0.5) is 0 Å². The van der Waals surface area contributed by atoms with Gasteiger partial charge in [-0.2, -0.15) is 0 Å². The highest BCUT2D eigenvalue weighted by atomic mass is 16.5. The van der Waals surface area contributed by atoms with Gasteiger partial charge in [0.25, 0.3) is 5.91 Å². The molecule has 0 atom stereocenters. The number of imidazole rings is 1. The van der Waals surface area contributed by atoms with E-state index in [1.165, 1.54) is 0 Å². The van der Waals surface area contributed by atoms with Crippen LogP contribution in [0.15, 0.2) is 48.5 Å². The molecule has 0 bridgehead atoms. The molecule has 0 aliphatic rings. The van der Waals surface area contributed by atoms with Gasteiger partial charge < -0.3 is 14.6 Å². The summed E-state index contributed by atoms with van der Waals surface area (Å²) in [6.45, 7) is 5.83. The first-order valence-electron chi connectivity index (χ1n) is 8.95. The number of ether oxygens (including phenoxy) is 1. The summed E-state index contributed by atoms with van der Waals surface area (Å²) in [7, 11) is 1.57. The molecule has 1 heterocycles. The highest BCUT2D eigenvalue weighted by Crippen LogP contribution is 2.19. The van der Waals surface area contributed by atoms with Gasteiger partial charge in [-0.1, -0.05) is 38.1 Å². The van der Waals surface area contributed by atoms with Gasteiger partial charge in [0, 0.05) is 19.5 Å². The van der Waals surface area contributed by atoms with E-state index in [1.54, 1.807) is 19.2 Å². The summed E-state index contributed by atoms with van der Waals surface area (Å²) in [6, 6.07) is 15.4.